The Balaban J connectivity index is 0.00000280. The third-order valence-corrected chi connectivity index (χ3v) is 5.70. The molecule has 158 valence electrons. The summed E-state index contributed by atoms with van der Waals surface area (Å²) < 4.78 is 5.30. The van der Waals surface area contributed by atoms with Gasteiger partial charge < -0.3 is 20.5 Å². The molecule has 0 bridgehead atoms. The zero-order valence-corrected chi connectivity index (χ0v) is 19.4. The van der Waals surface area contributed by atoms with E-state index >= 15 is 0 Å². The van der Waals surface area contributed by atoms with Gasteiger partial charge in [0.1, 0.15) is 5.75 Å². The summed E-state index contributed by atoms with van der Waals surface area (Å²) in [6.07, 6.45) is 5.34. The molecular weight excluding hydrogens is 467 g/mol. The second kappa shape index (κ2) is 11.2. The highest BCUT2D eigenvalue weighted by atomic mass is 127. The predicted octanol–water partition coefficient (Wildman–Crippen LogP) is 2.92. The molecular formula is C21H35IN4O2. The third kappa shape index (κ3) is 6.22. The van der Waals surface area contributed by atoms with Gasteiger partial charge in [-0.2, -0.15) is 0 Å². The molecule has 1 saturated carbocycles. The van der Waals surface area contributed by atoms with Crippen molar-refractivity contribution < 1.29 is 9.84 Å². The monoisotopic (exact) mass is 502 g/mol. The Labute approximate surface area is 186 Å². The zero-order chi connectivity index (χ0) is 19.1. The van der Waals surface area contributed by atoms with E-state index in [1.807, 2.05) is 12.1 Å². The van der Waals surface area contributed by atoms with Gasteiger partial charge >= 0.3 is 0 Å². The Morgan fingerprint density at radius 1 is 1.18 bits per heavy atom. The summed E-state index contributed by atoms with van der Waals surface area (Å²) in [5.74, 6) is 1.67. The maximum absolute atomic E-state index is 10.3. The van der Waals surface area contributed by atoms with Crippen LogP contribution >= 0.6 is 24.0 Å². The van der Waals surface area contributed by atoms with Gasteiger partial charge in [0.15, 0.2) is 5.96 Å². The SMILES string of the molecule is CCNC(=NCC1(O)CCC1)NCC(c1ccc(OC)cc1)N1CCCC1.I. The lowest BCUT2D eigenvalue weighted by molar-refractivity contribution is -0.0236. The highest BCUT2D eigenvalue weighted by Gasteiger charge is 2.34. The van der Waals surface area contributed by atoms with E-state index in [2.05, 4.69) is 39.6 Å². The normalized spacial score (nSPS) is 20.0. The quantitative estimate of drug-likeness (QED) is 0.290. The molecule has 1 aliphatic heterocycles. The van der Waals surface area contributed by atoms with Crippen LogP contribution in [0.25, 0.3) is 0 Å². The van der Waals surface area contributed by atoms with Gasteiger partial charge in [-0.3, -0.25) is 9.89 Å². The van der Waals surface area contributed by atoms with Gasteiger partial charge in [0.25, 0.3) is 0 Å². The number of hydrogen-bond donors (Lipinski definition) is 3. The minimum Gasteiger partial charge on any atom is -0.497 e. The van der Waals surface area contributed by atoms with Crippen molar-refractivity contribution in [3.05, 3.63) is 29.8 Å². The van der Waals surface area contributed by atoms with E-state index < -0.39 is 5.60 Å². The van der Waals surface area contributed by atoms with Crippen molar-refractivity contribution >= 4 is 29.9 Å². The van der Waals surface area contributed by atoms with Gasteiger partial charge in [0.2, 0.25) is 0 Å². The minimum absolute atomic E-state index is 0. The number of halogens is 1. The first-order chi connectivity index (χ1) is 13.1. The molecule has 6 nitrogen and oxygen atoms in total. The molecule has 1 saturated heterocycles. The Bertz CT molecular complexity index is 613. The fraction of sp³-hybridized carbons (Fsp3) is 0.667. The van der Waals surface area contributed by atoms with E-state index in [1.54, 1.807) is 7.11 Å². The zero-order valence-electron chi connectivity index (χ0n) is 17.1. The number of hydrogen-bond acceptors (Lipinski definition) is 4. The topological polar surface area (TPSA) is 69.1 Å². The first-order valence-corrected chi connectivity index (χ1v) is 10.3. The fourth-order valence-electron chi connectivity index (χ4n) is 3.84. The van der Waals surface area contributed by atoms with Crippen molar-refractivity contribution in [2.24, 2.45) is 4.99 Å². The number of aliphatic imine (C=N–C) groups is 1. The van der Waals surface area contributed by atoms with E-state index in [4.69, 9.17) is 4.74 Å². The Morgan fingerprint density at radius 2 is 1.86 bits per heavy atom. The van der Waals surface area contributed by atoms with Crippen LogP contribution in [0.4, 0.5) is 0 Å². The fourth-order valence-corrected chi connectivity index (χ4v) is 3.84. The molecule has 1 aromatic carbocycles. The Kier molecular flexibility index (Phi) is 9.30. The molecule has 1 atom stereocenters. The average molecular weight is 502 g/mol. The molecule has 1 aliphatic carbocycles. The summed E-state index contributed by atoms with van der Waals surface area (Å²) in [6, 6.07) is 8.68. The maximum atomic E-state index is 10.3. The molecule has 0 radical (unpaired) electrons. The summed E-state index contributed by atoms with van der Waals surface area (Å²) in [4.78, 5) is 7.17. The molecule has 0 spiro atoms. The molecule has 0 aromatic heterocycles. The summed E-state index contributed by atoms with van der Waals surface area (Å²) in [7, 11) is 1.70. The maximum Gasteiger partial charge on any atom is 0.191 e. The molecule has 0 amide bonds. The highest BCUT2D eigenvalue weighted by Crippen LogP contribution is 2.31. The van der Waals surface area contributed by atoms with Gasteiger partial charge in [0.05, 0.1) is 25.3 Å². The molecule has 2 fully saturated rings. The van der Waals surface area contributed by atoms with Crippen LogP contribution < -0.4 is 15.4 Å². The largest absolute Gasteiger partial charge is 0.497 e. The summed E-state index contributed by atoms with van der Waals surface area (Å²) >= 11 is 0. The van der Waals surface area contributed by atoms with Gasteiger partial charge in [-0.1, -0.05) is 12.1 Å². The number of benzene rings is 1. The Hall–Kier alpha value is -1.06. The van der Waals surface area contributed by atoms with Crippen LogP contribution in [0, 0.1) is 0 Å². The molecule has 7 heteroatoms. The summed E-state index contributed by atoms with van der Waals surface area (Å²) in [6.45, 7) is 6.39. The van der Waals surface area contributed by atoms with Crippen molar-refractivity contribution in [2.75, 3.05) is 39.8 Å². The summed E-state index contributed by atoms with van der Waals surface area (Å²) in [5, 5.41) is 17.1. The number of nitrogens with one attached hydrogen (secondary N) is 2. The lowest BCUT2D eigenvalue weighted by atomic mass is 9.80. The van der Waals surface area contributed by atoms with E-state index in [0.29, 0.717) is 12.6 Å². The molecule has 3 N–H and O–H groups in total. The number of likely N-dealkylation sites (tertiary alicyclic amines) is 1. The smallest absolute Gasteiger partial charge is 0.191 e. The van der Waals surface area contributed by atoms with Crippen molar-refractivity contribution in [1.29, 1.82) is 0 Å². The Morgan fingerprint density at radius 3 is 2.39 bits per heavy atom. The molecule has 1 heterocycles. The number of ether oxygens (including phenoxy) is 1. The van der Waals surface area contributed by atoms with Crippen LogP contribution in [-0.4, -0.2) is 61.4 Å². The van der Waals surface area contributed by atoms with Crippen molar-refractivity contribution in [3.8, 4) is 5.75 Å². The number of guanidine groups is 1. The van der Waals surface area contributed by atoms with Gasteiger partial charge in [-0.15, -0.1) is 24.0 Å². The average Bonchev–Trinajstić information content (AvgIpc) is 3.19. The number of rotatable bonds is 8. The first kappa shape index (κ1) is 23.2. The number of aliphatic hydroxyl groups is 1. The number of methoxy groups -OCH3 is 1. The van der Waals surface area contributed by atoms with Crippen LogP contribution in [0.1, 0.15) is 50.6 Å². The van der Waals surface area contributed by atoms with Crippen molar-refractivity contribution in [2.45, 2.75) is 50.7 Å². The predicted molar refractivity (Wildman–Crippen MR) is 125 cm³/mol. The van der Waals surface area contributed by atoms with E-state index in [9.17, 15) is 5.11 Å². The highest BCUT2D eigenvalue weighted by molar-refractivity contribution is 14.0. The third-order valence-electron chi connectivity index (χ3n) is 5.70. The van der Waals surface area contributed by atoms with Gasteiger partial charge in [0, 0.05) is 13.1 Å². The molecule has 3 rings (SSSR count). The van der Waals surface area contributed by atoms with Crippen LogP contribution in [0.15, 0.2) is 29.3 Å². The lowest BCUT2D eigenvalue weighted by Gasteiger charge is -2.35. The van der Waals surface area contributed by atoms with Crippen LogP contribution in [0.2, 0.25) is 0 Å². The number of nitrogens with zero attached hydrogens (tertiary/aromatic N) is 2. The summed E-state index contributed by atoms with van der Waals surface area (Å²) in [5.41, 5.74) is 0.700. The van der Waals surface area contributed by atoms with Crippen molar-refractivity contribution in [1.82, 2.24) is 15.5 Å². The molecule has 1 aromatic rings. The second-order valence-corrected chi connectivity index (χ2v) is 7.69. The van der Waals surface area contributed by atoms with Crippen LogP contribution in [0.3, 0.4) is 0 Å². The van der Waals surface area contributed by atoms with Gasteiger partial charge in [-0.25, -0.2) is 0 Å². The van der Waals surface area contributed by atoms with E-state index in [-0.39, 0.29) is 24.0 Å². The molecule has 2 aliphatic rings. The molecule has 1 unspecified atom stereocenters. The minimum atomic E-state index is -0.591. The first-order valence-electron chi connectivity index (χ1n) is 10.3. The van der Waals surface area contributed by atoms with Gasteiger partial charge in [-0.05, 0) is 69.8 Å². The lowest BCUT2D eigenvalue weighted by Crippen LogP contribution is -2.45. The standard InChI is InChI=1S/C21H34N4O2.HI/c1-3-22-20(24-16-21(26)11-6-12-21)23-15-19(25-13-4-5-14-25)17-7-9-18(27-2)10-8-17;/h7-10,19,26H,3-6,11-16H2,1-2H3,(H2,22,23,24);1H. The van der Waals surface area contributed by atoms with Crippen molar-refractivity contribution in [3.63, 3.8) is 0 Å². The van der Waals surface area contributed by atoms with E-state index in [0.717, 1.165) is 57.2 Å². The van der Waals surface area contributed by atoms with Crippen LogP contribution in [0.5, 0.6) is 5.75 Å². The molecule has 28 heavy (non-hydrogen) atoms. The van der Waals surface area contributed by atoms with E-state index in [1.165, 1.54) is 18.4 Å². The van der Waals surface area contributed by atoms with Crippen LogP contribution in [-0.2, 0) is 0 Å². The second-order valence-electron chi connectivity index (χ2n) is 7.69.